The predicted molar refractivity (Wildman–Crippen MR) is 169 cm³/mol. The molecule has 1 aliphatic heterocycles. The molecule has 0 bridgehead atoms. The maximum atomic E-state index is 2.47. The monoisotopic (exact) mass is 512 g/mol. The first-order valence-electron chi connectivity index (χ1n) is 14.0. The molecule has 0 saturated heterocycles. The van der Waals surface area contributed by atoms with E-state index in [9.17, 15) is 0 Å². The van der Waals surface area contributed by atoms with Crippen molar-refractivity contribution < 1.29 is 0 Å². The van der Waals surface area contributed by atoms with Crippen molar-refractivity contribution in [3.8, 4) is 27.9 Å². The zero-order valence-corrected chi connectivity index (χ0v) is 22.2. The fourth-order valence-electron chi connectivity index (χ4n) is 6.40. The molecule has 190 valence electrons. The van der Waals surface area contributed by atoms with Crippen LogP contribution in [0.4, 0.5) is 11.4 Å². The predicted octanol–water partition coefficient (Wildman–Crippen LogP) is 9.81. The van der Waals surface area contributed by atoms with E-state index in [0.29, 0.717) is 0 Å². The standard InChI is InChI=1S/C38H28N2/c1-4-10-27(11-5-1)28-16-18-29(19-17-28)30-20-22-37-35(26-30)33-21-23-36-34(24-25-39(36)31-12-6-2-7-13-31)38(33)40(37)32-14-8-3-9-15-32/h1-23,26H,24-25H2. The number of anilines is 2. The molecule has 1 aromatic heterocycles. The van der Waals surface area contributed by atoms with Crippen molar-refractivity contribution in [1.29, 1.82) is 0 Å². The molecule has 0 N–H and O–H groups in total. The Labute approximate surface area is 234 Å². The third-order valence-corrected chi connectivity index (χ3v) is 8.29. The molecule has 0 radical (unpaired) electrons. The lowest BCUT2D eigenvalue weighted by Crippen LogP contribution is -2.12. The van der Waals surface area contributed by atoms with Crippen LogP contribution in [0.3, 0.4) is 0 Å². The van der Waals surface area contributed by atoms with Crippen LogP contribution < -0.4 is 4.90 Å². The van der Waals surface area contributed by atoms with Crippen LogP contribution in [-0.2, 0) is 6.42 Å². The fourth-order valence-corrected chi connectivity index (χ4v) is 6.40. The third-order valence-electron chi connectivity index (χ3n) is 8.29. The van der Waals surface area contributed by atoms with Crippen molar-refractivity contribution in [2.24, 2.45) is 0 Å². The Bertz CT molecular complexity index is 1970. The molecule has 40 heavy (non-hydrogen) atoms. The van der Waals surface area contributed by atoms with Crippen molar-refractivity contribution in [2.45, 2.75) is 6.42 Å². The topological polar surface area (TPSA) is 8.17 Å². The van der Waals surface area contributed by atoms with E-state index < -0.39 is 0 Å². The smallest absolute Gasteiger partial charge is 0.0594 e. The summed E-state index contributed by atoms with van der Waals surface area (Å²) >= 11 is 0. The second-order valence-electron chi connectivity index (χ2n) is 10.5. The van der Waals surface area contributed by atoms with Gasteiger partial charge in [0, 0.05) is 39.9 Å². The highest BCUT2D eigenvalue weighted by Crippen LogP contribution is 2.43. The average Bonchev–Trinajstić information content (AvgIpc) is 3.61. The van der Waals surface area contributed by atoms with Crippen molar-refractivity contribution in [1.82, 2.24) is 4.57 Å². The highest BCUT2D eigenvalue weighted by molar-refractivity contribution is 6.13. The van der Waals surface area contributed by atoms with Crippen molar-refractivity contribution >= 4 is 33.2 Å². The van der Waals surface area contributed by atoms with Gasteiger partial charge in [-0.05, 0) is 71.1 Å². The van der Waals surface area contributed by atoms with Gasteiger partial charge in [-0.25, -0.2) is 0 Å². The Morgan fingerprint density at radius 3 is 1.73 bits per heavy atom. The van der Waals surface area contributed by atoms with Crippen molar-refractivity contribution in [3.05, 3.63) is 151 Å². The average molecular weight is 513 g/mol. The summed E-state index contributed by atoms with van der Waals surface area (Å²) in [6, 6.07) is 52.7. The summed E-state index contributed by atoms with van der Waals surface area (Å²) in [6.45, 7) is 0.994. The maximum Gasteiger partial charge on any atom is 0.0594 e. The van der Waals surface area contributed by atoms with E-state index in [1.54, 1.807) is 0 Å². The molecule has 0 atom stereocenters. The molecular weight excluding hydrogens is 484 g/mol. The van der Waals surface area contributed by atoms with Crippen LogP contribution in [0.2, 0.25) is 0 Å². The Morgan fingerprint density at radius 1 is 0.450 bits per heavy atom. The molecule has 7 aromatic rings. The molecule has 0 saturated carbocycles. The van der Waals surface area contributed by atoms with E-state index in [2.05, 4.69) is 155 Å². The lowest BCUT2D eigenvalue weighted by Gasteiger charge is -2.19. The number of hydrogen-bond acceptors (Lipinski definition) is 1. The van der Waals surface area contributed by atoms with Gasteiger partial charge < -0.3 is 9.47 Å². The van der Waals surface area contributed by atoms with E-state index in [-0.39, 0.29) is 0 Å². The zero-order chi connectivity index (χ0) is 26.5. The van der Waals surface area contributed by atoms with Crippen LogP contribution in [-0.4, -0.2) is 11.1 Å². The second kappa shape index (κ2) is 9.29. The quantitative estimate of drug-likeness (QED) is 0.228. The highest BCUT2D eigenvalue weighted by Gasteiger charge is 2.26. The number of fused-ring (bicyclic) bond motifs is 5. The van der Waals surface area contributed by atoms with Gasteiger partial charge in [0.2, 0.25) is 0 Å². The maximum absolute atomic E-state index is 2.47. The molecule has 2 heteroatoms. The number of rotatable bonds is 4. The van der Waals surface area contributed by atoms with E-state index in [1.807, 2.05) is 0 Å². The highest BCUT2D eigenvalue weighted by atomic mass is 15.2. The lowest BCUT2D eigenvalue weighted by molar-refractivity contribution is 0.997. The number of benzene rings is 6. The van der Waals surface area contributed by atoms with Crippen LogP contribution in [0.1, 0.15) is 5.56 Å². The first kappa shape index (κ1) is 22.9. The lowest BCUT2D eigenvalue weighted by atomic mass is 9.99. The molecular formula is C38H28N2. The Hall–Kier alpha value is -5.08. The molecule has 0 unspecified atom stereocenters. The molecule has 0 aliphatic carbocycles. The minimum Gasteiger partial charge on any atom is -0.341 e. The minimum absolute atomic E-state index is 0.994. The second-order valence-corrected chi connectivity index (χ2v) is 10.5. The van der Waals surface area contributed by atoms with Crippen LogP contribution in [0.5, 0.6) is 0 Å². The van der Waals surface area contributed by atoms with Crippen molar-refractivity contribution in [3.63, 3.8) is 0 Å². The zero-order valence-electron chi connectivity index (χ0n) is 22.2. The third kappa shape index (κ3) is 3.65. The number of nitrogens with zero attached hydrogens (tertiary/aromatic N) is 2. The van der Waals surface area contributed by atoms with Gasteiger partial charge >= 0.3 is 0 Å². The van der Waals surface area contributed by atoms with Crippen LogP contribution in [0.15, 0.2) is 146 Å². The SMILES string of the molecule is c1ccc(-c2ccc(-c3ccc4c(c3)c3ccc5c(c3n4-c3ccccc3)CCN5c3ccccc3)cc2)cc1. The van der Waals surface area contributed by atoms with Gasteiger partial charge in [0.1, 0.15) is 0 Å². The van der Waals surface area contributed by atoms with Crippen LogP contribution in [0.25, 0.3) is 49.7 Å². The first-order valence-corrected chi connectivity index (χ1v) is 14.0. The molecule has 1 aliphatic rings. The number of aromatic nitrogens is 1. The Kier molecular flexibility index (Phi) is 5.31. The molecule has 0 amide bonds. The minimum atomic E-state index is 0.994. The van der Waals surface area contributed by atoms with E-state index in [1.165, 1.54) is 66.7 Å². The first-order chi connectivity index (χ1) is 19.8. The summed E-state index contributed by atoms with van der Waals surface area (Å²) in [5.74, 6) is 0. The van der Waals surface area contributed by atoms with Gasteiger partial charge in [-0.3, -0.25) is 0 Å². The summed E-state index contributed by atoms with van der Waals surface area (Å²) in [5.41, 5.74) is 12.7. The Balaban J connectivity index is 1.31. The summed E-state index contributed by atoms with van der Waals surface area (Å²) < 4.78 is 2.47. The van der Waals surface area contributed by atoms with Gasteiger partial charge in [-0.1, -0.05) is 103 Å². The Morgan fingerprint density at radius 2 is 1.02 bits per heavy atom. The van der Waals surface area contributed by atoms with E-state index >= 15 is 0 Å². The number of para-hydroxylation sites is 2. The summed E-state index contributed by atoms with van der Waals surface area (Å²) in [4.78, 5) is 2.46. The normalized spacial score (nSPS) is 12.8. The molecule has 2 nitrogen and oxygen atoms in total. The van der Waals surface area contributed by atoms with Crippen molar-refractivity contribution in [2.75, 3.05) is 11.4 Å². The van der Waals surface area contributed by atoms with Crippen LogP contribution in [0, 0.1) is 0 Å². The molecule has 0 spiro atoms. The van der Waals surface area contributed by atoms with Gasteiger partial charge in [-0.15, -0.1) is 0 Å². The van der Waals surface area contributed by atoms with Crippen LogP contribution >= 0.6 is 0 Å². The molecule has 0 fully saturated rings. The summed E-state index contributed by atoms with van der Waals surface area (Å²) in [7, 11) is 0. The summed E-state index contributed by atoms with van der Waals surface area (Å²) in [5, 5.41) is 2.61. The summed E-state index contributed by atoms with van der Waals surface area (Å²) in [6.07, 6.45) is 1.03. The largest absolute Gasteiger partial charge is 0.341 e. The molecule has 6 aromatic carbocycles. The molecule has 8 rings (SSSR count). The van der Waals surface area contributed by atoms with Gasteiger partial charge in [0.05, 0.1) is 11.0 Å². The number of hydrogen-bond donors (Lipinski definition) is 0. The fraction of sp³-hybridized carbons (Fsp3) is 0.0526. The van der Waals surface area contributed by atoms with E-state index in [0.717, 1.165) is 13.0 Å². The van der Waals surface area contributed by atoms with Gasteiger partial charge in [0.25, 0.3) is 0 Å². The van der Waals surface area contributed by atoms with Gasteiger partial charge in [0.15, 0.2) is 0 Å². The van der Waals surface area contributed by atoms with Gasteiger partial charge in [-0.2, -0.15) is 0 Å². The van der Waals surface area contributed by atoms with E-state index in [4.69, 9.17) is 0 Å². The molecule has 2 heterocycles.